The maximum atomic E-state index is 11.1. The number of nitrogens with one attached hydrogen (secondary N) is 1. The zero-order valence-corrected chi connectivity index (χ0v) is 11.3. The van der Waals surface area contributed by atoms with Gasteiger partial charge in [-0.05, 0) is 43.0 Å². The minimum absolute atomic E-state index is 0.0157. The first-order chi connectivity index (χ1) is 7.82. The van der Waals surface area contributed by atoms with Crippen LogP contribution >= 0.6 is 11.6 Å². The van der Waals surface area contributed by atoms with Gasteiger partial charge in [0.05, 0.1) is 0 Å². The molecule has 0 saturated heterocycles. The van der Waals surface area contributed by atoms with Gasteiger partial charge in [0.2, 0.25) is 0 Å². The smallest absolute Gasteiger partial charge is 0.326 e. The second-order valence-corrected chi connectivity index (χ2v) is 5.06. The average Bonchev–Trinajstić information content (AvgIpc) is 2.14. The van der Waals surface area contributed by atoms with Gasteiger partial charge < -0.3 is 10.4 Å². The molecule has 4 heteroatoms. The molecule has 0 saturated carbocycles. The van der Waals surface area contributed by atoms with E-state index >= 15 is 0 Å². The van der Waals surface area contributed by atoms with Gasteiger partial charge in [-0.25, -0.2) is 4.79 Å². The Morgan fingerprint density at radius 1 is 1.29 bits per heavy atom. The fraction of sp³-hybridized carbons (Fsp3) is 0.462. The van der Waals surface area contributed by atoms with Crippen molar-refractivity contribution in [1.29, 1.82) is 0 Å². The van der Waals surface area contributed by atoms with E-state index < -0.39 is 12.0 Å². The second-order valence-electron chi connectivity index (χ2n) is 4.62. The lowest BCUT2D eigenvalue weighted by Gasteiger charge is -2.22. The average molecular weight is 256 g/mol. The van der Waals surface area contributed by atoms with Crippen molar-refractivity contribution in [2.24, 2.45) is 5.92 Å². The molecule has 1 aromatic rings. The molecule has 0 bridgehead atoms. The largest absolute Gasteiger partial charge is 0.480 e. The van der Waals surface area contributed by atoms with E-state index in [1.165, 1.54) is 0 Å². The predicted molar refractivity (Wildman–Crippen MR) is 70.8 cm³/mol. The van der Waals surface area contributed by atoms with E-state index in [1.807, 2.05) is 39.8 Å². The third-order valence-electron chi connectivity index (χ3n) is 2.73. The molecule has 0 aliphatic carbocycles. The molecule has 0 fully saturated rings. The summed E-state index contributed by atoms with van der Waals surface area (Å²) in [6.45, 7) is 7.60. The van der Waals surface area contributed by atoms with Gasteiger partial charge >= 0.3 is 5.97 Å². The molecular weight excluding hydrogens is 238 g/mol. The molecule has 0 aliphatic heterocycles. The molecule has 94 valence electrons. The van der Waals surface area contributed by atoms with Crippen LogP contribution in [0.4, 0.5) is 5.69 Å². The molecule has 3 nitrogen and oxygen atoms in total. The zero-order valence-electron chi connectivity index (χ0n) is 10.5. The first-order valence-corrected chi connectivity index (χ1v) is 5.96. The third kappa shape index (κ3) is 3.37. The van der Waals surface area contributed by atoms with Crippen molar-refractivity contribution < 1.29 is 9.90 Å². The van der Waals surface area contributed by atoms with E-state index in [9.17, 15) is 4.79 Å². The lowest BCUT2D eigenvalue weighted by Crippen LogP contribution is -2.34. The number of rotatable bonds is 4. The number of anilines is 1. The molecular formula is C13H18ClNO2. The van der Waals surface area contributed by atoms with Crippen LogP contribution in [0.15, 0.2) is 12.1 Å². The first-order valence-electron chi connectivity index (χ1n) is 5.59. The Morgan fingerprint density at radius 2 is 1.76 bits per heavy atom. The SMILES string of the molecule is Cc1cc(Cl)cc(C)c1NC(C(=O)O)C(C)C. The maximum Gasteiger partial charge on any atom is 0.326 e. The third-order valence-corrected chi connectivity index (χ3v) is 2.95. The Labute approximate surface area is 107 Å². The lowest BCUT2D eigenvalue weighted by molar-refractivity contribution is -0.138. The van der Waals surface area contributed by atoms with Crippen LogP contribution in [0.25, 0.3) is 0 Å². The minimum Gasteiger partial charge on any atom is -0.480 e. The standard InChI is InChI=1S/C13H18ClNO2/c1-7(2)11(13(16)17)15-12-8(3)5-10(14)6-9(12)4/h5-7,11,15H,1-4H3,(H,16,17). The van der Waals surface area contributed by atoms with Crippen LogP contribution < -0.4 is 5.32 Å². The number of hydrogen-bond donors (Lipinski definition) is 2. The van der Waals surface area contributed by atoms with E-state index in [-0.39, 0.29) is 5.92 Å². The Morgan fingerprint density at radius 3 is 2.12 bits per heavy atom. The van der Waals surface area contributed by atoms with Gasteiger partial charge in [-0.2, -0.15) is 0 Å². The summed E-state index contributed by atoms with van der Waals surface area (Å²) >= 11 is 5.94. The Bertz CT molecular complexity index is 406. The van der Waals surface area contributed by atoms with Crippen molar-refractivity contribution in [3.05, 3.63) is 28.3 Å². The highest BCUT2D eigenvalue weighted by Gasteiger charge is 2.22. The number of aliphatic carboxylic acids is 1. The van der Waals surface area contributed by atoms with Crippen molar-refractivity contribution >= 4 is 23.3 Å². The fourth-order valence-electron chi connectivity index (χ4n) is 1.81. The summed E-state index contributed by atoms with van der Waals surface area (Å²) in [5, 5.41) is 12.9. The van der Waals surface area contributed by atoms with Crippen LogP contribution in [-0.2, 0) is 4.79 Å². The number of carboxylic acid groups (broad SMARTS) is 1. The monoisotopic (exact) mass is 255 g/mol. The number of aryl methyl sites for hydroxylation is 2. The molecule has 1 aromatic carbocycles. The molecule has 1 atom stereocenters. The first kappa shape index (κ1) is 13.8. The van der Waals surface area contributed by atoms with Crippen LogP contribution in [0.3, 0.4) is 0 Å². The summed E-state index contributed by atoms with van der Waals surface area (Å²) in [4.78, 5) is 11.1. The number of carboxylic acids is 1. The molecule has 1 rings (SSSR count). The van der Waals surface area contributed by atoms with Gasteiger partial charge in [-0.1, -0.05) is 25.4 Å². The van der Waals surface area contributed by atoms with Gasteiger partial charge in [0.25, 0.3) is 0 Å². The molecule has 1 unspecified atom stereocenters. The summed E-state index contributed by atoms with van der Waals surface area (Å²) in [6, 6.07) is 3.07. The highest BCUT2D eigenvalue weighted by Crippen LogP contribution is 2.26. The van der Waals surface area contributed by atoms with Crippen molar-refractivity contribution in [3.8, 4) is 0 Å². The summed E-state index contributed by atoms with van der Waals surface area (Å²) in [5.41, 5.74) is 2.78. The van der Waals surface area contributed by atoms with E-state index in [2.05, 4.69) is 5.32 Å². The number of hydrogen-bond acceptors (Lipinski definition) is 2. The Balaban J connectivity index is 3.05. The topological polar surface area (TPSA) is 49.3 Å². The van der Waals surface area contributed by atoms with Crippen molar-refractivity contribution in [1.82, 2.24) is 0 Å². The number of benzene rings is 1. The Kier molecular flexibility index (Phi) is 4.40. The predicted octanol–water partition coefficient (Wildman–Crippen LogP) is 3.48. The van der Waals surface area contributed by atoms with Gasteiger partial charge in [-0.15, -0.1) is 0 Å². The molecule has 0 radical (unpaired) electrons. The summed E-state index contributed by atoms with van der Waals surface area (Å²) in [5.74, 6) is -0.823. The summed E-state index contributed by atoms with van der Waals surface area (Å²) < 4.78 is 0. The summed E-state index contributed by atoms with van der Waals surface area (Å²) in [6.07, 6.45) is 0. The highest BCUT2D eigenvalue weighted by atomic mass is 35.5. The van der Waals surface area contributed by atoms with Crippen molar-refractivity contribution in [2.75, 3.05) is 5.32 Å². The van der Waals surface area contributed by atoms with Gasteiger partial charge in [-0.3, -0.25) is 0 Å². The fourth-order valence-corrected chi connectivity index (χ4v) is 2.13. The molecule has 0 spiro atoms. The molecule has 2 N–H and O–H groups in total. The highest BCUT2D eigenvalue weighted by molar-refractivity contribution is 6.30. The molecule has 0 amide bonds. The minimum atomic E-state index is -0.839. The van der Waals surface area contributed by atoms with Gasteiger partial charge in [0, 0.05) is 10.7 Å². The van der Waals surface area contributed by atoms with Crippen LogP contribution in [0.2, 0.25) is 5.02 Å². The summed E-state index contributed by atoms with van der Waals surface area (Å²) in [7, 11) is 0. The van der Waals surface area contributed by atoms with Crippen LogP contribution in [0, 0.1) is 19.8 Å². The molecule has 0 heterocycles. The van der Waals surface area contributed by atoms with Gasteiger partial charge in [0.1, 0.15) is 6.04 Å². The number of carbonyl (C=O) groups is 1. The van der Waals surface area contributed by atoms with Crippen LogP contribution in [0.5, 0.6) is 0 Å². The van der Waals surface area contributed by atoms with E-state index in [4.69, 9.17) is 16.7 Å². The van der Waals surface area contributed by atoms with Crippen molar-refractivity contribution in [2.45, 2.75) is 33.7 Å². The van der Waals surface area contributed by atoms with E-state index in [0.717, 1.165) is 16.8 Å². The second kappa shape index (κ2) is 5.41. The Hall–Kier alpha value is -1.22. The van der Waals surface area contributed by atoms with Crippen LogP contribution in [-0.4, -0.2) is 17.1 Å². The van der Waals surface area contributed by atoms with Gasteiger partial charge in [0.15, 0.2) is 0 Å². The quantitative estimate of drug-likeness (QED) is 0.866. The molecule has 17 heavy (non-hydrogen) atoms. The van der Waals surface area contributed by atoms with Crippen molar-refractivity contribution in [3.63, 3.8) is 0 Å². The molecule has 0 aromatic heterocycles. The normalized spacial score (nSPS) is 12.6. The van der Waals surface area contributed by atoms with E-state index in [1.54, 1.807) is 0 Å². The van der Waals surface area contributed by atoms with Crippen LogP contribution in [0.1, 0.15) is 25.0 Å². The number of halogens is 1. The lowest BCUT2D eigenvalue weighted by atomic mass is 10.0. The maximum absolute atomic E-state index is 11.1. The molecule has 0 aliphatic rings. The zero-order chi connectivity index (χ0) is 13.2. The van der Waals surface area contributed by atoms with E-state index in [0.29, 0.717) is 5.02 Å².